The highest BCUT2D eigenvalue weighted by Crippen LogP contribution is 2.15. The van der Waals surface area contributed by atoms with Crippen molar-refractivity contribution in [2.24, 2.45) is 0 Å². The molecule has 2 amide bonds. The molecule has 1 aromatic carbocycles. The van der Waals surface area contributed by atoms with E-state index in [4.69, 9.17) is 16.3 Å². The first kappa shape index (κ1) is 18.8. The van der Waals surface area contributed by atoms with Gasteiger partial charge >= 0.3 is 0 Å². The second-order valence-electron chi connectivity index (χ2n) is 4.57. The molecule has 122 valence electrons. The van der Waals surface area contributed by atoms with Crippen LogP contribution in [0.3, 0.4) is 0 Å². The van der Waals surface area contributed by atoms with Gasteiger partial charge in [-0.25, -0.2) is 0 Å². The Hall–Kier alpha value is -1.24. The van der Waals surface area contributed by atoms with Crippen molar-refractivity contribution in [3.05, 3.63) is 34.9 Å². The summed E-state index contributed by atoms with van der Waals surface area (Å²) in [5.41, 5.74) is 0.364. The van der Waals surface area contributed by atoms with Crippen molar-refractivity contribution in [1.29, 1.82) is 0 Å². The van der Waals surface area contributed by atoms with Crippen LogP contribution in [-0.2, 0) is 9.53 Å². The first-order valence-corrected chi connectivity index (χ1v) is 8.68. The van der Waals surface area contributed by atoms with Gasteiger partial charge < -0.3 is 15.4 Å². The lowest BCUT2D eigenvalue weighted by Crippen LogP contribution is -2.47. The van der Waals surface area contributed by atoms with Crippen molar-refractivity contribution in [2.45, 2.75) is 12.5 Å². The Labute approximate surface area is 140 Å². The zero-order valence-corrected chi connectivity index (χ0v) is 14.3. The van der Waals surface area contributed by atoms with Crippen LogP contribution in [-0.4, -0.2) is 50.1 Å². The Morgan fingerprint density at radius 2 is 2.09 bits per heavy atom. The minimum absolute atomic E-state index is 0.216. The molecule has 7 heteroatoms. The monoisotopic (exact) mass is 344 g/mol. The Morgan fingerprint density at radius 3 is 2.73 bits per heavy atom. The molecule has 0 saturated heterocycles. The molecule has 0 bridgehead atoms. The molecule has 0 saturated carbocycles. The number of ether oxygens (including phenoxy) is 1. The van der Waals surface area contributed by atoms with Crippen molar-refractivity contribution < 1.29 is 14.3 Å². The molecule has 0 aliphatic rings. The van der Waals surface area contributed by atoms with Gasteiger partial charge in [-0.3, -0.25) is 9.59 Å². The van der Waals surface area contributed by atoms with Crippen LogP contribution in [0.25, 0.3) is 0 Å². The molecule has 1 aromatic rings. The highest BCUT2D eigenvalue weighted by Gasteiger charge is 2.21. The number of nitrogens with one attached hydrogen (secondary N) is 2. The standard InChI is InChI=1S/C15H21ClN2O3S/c1-21-9-8-17-15(20)13(7-10-22-2)18-14(19)11-5-3-4-6-12(11)16/h3-6,13H,7-10H2,1-2H3,(H,17,20)(H,18,19). The van der Waals surface area contributed by atoms with Crippen LogP contribution < -0.4 is 10.6 Å². The van der Waals surface area contributed by atoms with Crippen molar-refractivity contribution in [2.75, 3.05) is 32.3 Å². The Morgan fingerprint density at radius 1 is 1.36 bits per heavy atom. The Kier molecular flexibility index (Phi) is 8.96. The molecule has 22 heavy (non-hydrogen) atoms. The molecule has 1 rings (SSSR count). The molecule has 1 unspecified atom stereocenters. The van der Waals surface area contributed by atoms with Crippen LogP contribution in [0.5, 0.6) is 0 Å². The largest absolute Gasteiger partial charge is 0.383 e. The van der Waals surface area contributed by atoms with Gasteiger partial charge in [-0.05, 0) is 30.6 Å². The van der Waals surface area contributed by atoms with E-state index >= 15 is 0 Å². The fourth-order valence-corrected chi connectivity index (χ4v) is 2.48. The van der Waals surface area contributed by atoms with Crippen LogP contribution in [0.1, 0.15) is 16.8 Å². The molecular weight excluding hydrogens is 324 g/mol. The highest BCUT2D eigenvalue weighted by molar-refractivity contribution is 7.98. The minimum Gasteiger partial charge on any atom is -0.383 e. The van der Waals surface area contributed by atoms with E-state index in [1.165, 1.54) is 0 Å². The van der Waals surface area contributed by atoms with Crippen LogP contribution in [0, 0.1) is 0 Å². The van der Waals surface area contributed by atoms with E-state index in [0.717, 1.165) is 5.75 Å². The number of hydrogen-bond donors (Lipinski definition) is 2. The summed E-state index contributed by atoms with van der Waals surface area (Å²) in [6, 6.07) is 6.17. The number of carbonyl (C=O) groups excluding carboxylic acids is 2. The molecule has 0 spiro atoms. The number of benzene rings is 1. The van der Waals surface area contributed by atoms with Crippen molar-refractivity contribution in [1.82, 2.24) is 10.6 Å². The summed E-state index contributed by atoms with van der Waals surface area (Å²) >= 11 is 7.63. The normalized spacial score (nSPS) is 11.8. The molecule has 0 radical (unpaired) electrons. The lowest BCUT2D eigenvalue weighted by molar-refractivity contribution is -0.123. The SMILES string of the molecule is COCCNC(=O)C(CCSC)NC(=O)c1ccccc1Cl. The zero-order chi connectivity index (χ0) is 16.4. The van der Waals surface area contributed by atoms with Gasteiger partial charge in [0.25, 0.3) is 5.91 Å². The van der Waals surface area contributed by atoms with Gasteiger partial charge in [-0.2, -0.15) is 11.8 Å². The molecule has 1 atom stereocenters. The molecular formula is C15H21ClN2O3S. The van der Waals surface area contributed by atoms with Crippen LogP contribution in [0.2, 0.25) is 5.02 Å². The lowest BCUT2D eigenvalue weighted by atomic mass is 10.1. The average Bonchev–Trinajstić information content (AvgIpc) is 2.51. The average molecular weight is 345 g/mol. The topological polar surface area (TPSA) is 67.4 Å². The molecule has 0 aliphatic carbocycles. The Balaban J connectivity index is 2.69. The summed E-state index contributed by atoms with van der Waals surface area (Å²) in [7, 11) is 1.57. The van der Waals surface area contributed by atoms with Gasteiger partial charge in [0.15, 0.2) is 0 Å². The summed E-state index contributed by atoms with van der Waals surface area (Å²) in [5, 5.41) is 5.85. The van der Waals surface area contributed by atoms with Gasteiger partial charge in [0.1, 0.15) is 6.04 Å². The highest BCUT2D eigenvalue weighted by atomic mass is 35.5. The number of halogens is 1. The number of rotatable bonds is 9. The molecule has 0 fully saturated rings. The molecule has 0 aliphatic heterocycles. The van der Waals surface area contributed by atoms with E-state index in [0.29, 0.717) is 30.2 Å². The third-order valence-corrected chi connectivity index (χ3v) is 3.93. The lowest BCUT2D eigenvalue weighted by Gasteiger charge is -2.18. The minimum atomic E-state index is -0.590. The summed E-state index contributed by atoms with van der Waals surface area (Å²) in [6.45, 7) is 0.840. The van der Waals surface area contributed by atoms with Gasteiger partial charge in [-0.1, -0.05) is 23.7 Å². The van der Waals surface area contributed by atoms with Gasteiger partial charge in [0.05, 0.1) is 17.2 Å². The predicted molar refractivity (Wildman–Crippen MR) is 90.6 cm³/mol. The summed E-state index contributed by atoms with van der Waals surface area (Å²) < 4.78 is 4.90. The Bertz CT molecular complexity index is 499. The maximum atomic E-state index is 12.3. The van der Waals surface area contributed by atoms with E-state index in [1.54, 1.807) is 43.1 Å². The second kappa shape index (κ2) is 10.5. The number of amides is 2. The van der Waals surface area contributed by atoms with Crippen molar-refractivity contribution in [3.8, 4) is 0 Å². The van der Waals surface area contributed by atoms with Gasteiger partial charge in [0, 0.05) is 13.7 Å². The van der Waals surface area contributed by atoms with E-state index < -0.39 is 6.04 Å². The van der Waals surface area contributed by atoms with Gasteiger partial charge in [-0.15, -0.1) is 0 Å². The summed E-state index contributed by atoms with van der Waals surface area (Å²) in [6.07, 6.45) is 2.51. The molecule has 2 N–H and O–H groups in total. The quantitative estimate of drug-likeness (QED) is 0.672. The van der Waals surface area contributed by atoms with Gasteiger partial charge in [0.2, 0.25) is 5.91 Å². The molecule has 0 aromatic heterocycles. The third-order valence-electron chi connectivity index (χ3n) is 2.96. The van der Waals surface area contributed by atoms with Crippen molar-refractivity contribution in [3.63, 3.8) is 0 Å². The third kappa shape index (κ3) is 6.25. The smallest absolute Gasteiger partial charge is 0.253 e. The second-order valence-corrected chi connectivity index (χ2v) is 5.96. The first-order chi connectivity index (χ1) is 10.6. The van der Waals surface area contributed by atoms with Crippen LogP contribution >= 0.6 is 23.4 Å². The number of carbonyl (C=O) groups is 2. The fraction of sp³-hybridized carbons (Fsp3) is 0.467. The zero-order valence-electron chi connectivity index (χ0n) is 12.7. The van der Waals surface area contributed by atoms with E-state index in [1.807, 2.05) is 6.26 Å². The summed E-state index contributed by atoms with van der Waals surface area (Å²) in [5.74, 6) is 0.204. The number of thioether (sulfide) groups is 1. The summed E-state index contributed by atoms with van der Waals surface area (Å²) in [4.78, 5) is 24.4. The van der Waals surface area contributed by atoms with Crippen LogP contribution in [0.15, 0.2) is 24.3 Å². The van der Waals surface area contributed by atoms with E-state index in [9.17, 15) is 9.59 Å². The molecule has 0 heterocycles. The van der Waals surface area contributed by atoms with Crippen molar-refractivity contribution >= 4 is 35.2 Å². The first-order valence-electron chi connectivity index (χ1n) is 6.91. The number of methoxy groups -OCH3 is 1. The van der Waals surface area contributed by atoms with E-state index in [2.05, 4.69) is 10.6 Å². The maximum absolute atomic E-state index is 12.3. The maximum Gasteiger partial charge on any atom is 0.253 e. The fourth-order valence-electron chi connectivity index (χ4n) is 1.79. The predicted octanol–water partition coefficient (Wildman–Crippen LogP) is 1.95. The number of hydrogen-bond acceptors (Lipinski definition) is 4. The molecule has 5 nitrogen and oxygen atoms in total. The van der Waals surface area contributed by atoms with Crippen LogP contribution in [0.4, 0.5) is 0 Å². The van der Waals surface area contributed by atoms with E-state index in [-0.39, 0.29) is 11.8 Å².